The Morgan fingerprint density at radius 3 is 1.60 bits per heavy atom. The Hall–Kier alpha value is -1.37. The Kier molecular flexibility index (Phi) is 3.72. The molecule has 3 aromatic rings. The molecule has 0 N–H and O–H groups in total. The van der Waals surface area contributed by atoms with Crippen molar-refractivity contribution in [1.29, 1.82) is 0 Å². The number of fused-ring (bicyclic) bond motifs is 1. The Labute approximate surface area is 95.2 Å². The van der Waals surface area contributed by atoms with Crippen molar-refractivity contribution < 1.29 is 0 Å². The Balaban J connectivity index is 0.000000144. The second-order valence-corrected chi connectivity index (χ2v) is 4.61. The van der Waals surface area contributed by atoms with E-state index in [2.05, 4.69) is 58.5 Å². The van der Waals surface area contributed by atoms with Gasteiger partial charge < -0.3 is 0 Å². The number of aromatic nitrogens is 1. The molecule has 2 heteroatoms. The summed E-state index contributed by atoms with van der Waals surface area (Å²) >= 11 is 0.597. The topological polar surface area (TPSA) is 12.9 Å². The standard InChI is InChI=1S/C10H8.C3H3NSe/c1-2-6-10-8-4-3-7-9(10)5-1;1-2-5-3-4-1/h1-8H;1-3H. The normalized spacial score (nSPS) is 9.33. The zero-order valence-corrected chi connectivity index (χ0v) is 9.92. The van der Waals surface area contributed by atoms with Crippen molar-refractivity contribution in [2.75, 3.05) is 0 Å². The molecule has 74 valence electrons. The van der Waals surface area contributed by atoms with Crippen molar-refractivity contribution in [2.45, 2.75) is 0 Å². The summed E-state index contributed by atoms with van der Waals surface area (Å²) in [6.07, 6.45) is 1.83. The summed E-state index contributed by atoms with van der Waals surface area (Å²) in [4.78, 5) is 5.88. The van der Waals surface area contributed by atoms with Crippen LogP contribution in [0.4, 0.5) is 0 Å². The summed E-state index contributed by atoms with van der Waals surface area (Å²) in [5, 5.41) is 4.56. The number of rotatable bonds is 0. The van der Waals surface area contributed by atoms with Gasteiger partial charge in [0.05, 0.1) is 0 Å². The van der Waals surface area contributed by atoms with Crippen molar-refractivity contribution in [3.8, 4) is 0 Å². The van der Waals surface area contributed by atoms with Crippen LogP contribution in [0.25, 0.3) is 10.8 Å². The van der Waals surface area contributed by atoms with Crippen LogP contribution in [0.3, 0.4) is 0 Å². The predicted molar refractivity (Wildman–Crippen MR) is 65.1 cm³/mol. The van der Waals surface area contributed by atoms with Gasteiger partial charge in [-0.05, 0) is 10.8 Å². The van der Waals surface area contributed by atoms with E-state index in [9.17, 15) is 0 Å². The molecule has 3 rings (SSSR count). The SMILES string of the molecule is c1c[se]cn1.c1ccc2ccccc2c1. The van der Waals surface area contributed by atoms with Crippen LogP contribution in [0.15, 0.2) is 64.7 Å². The molecule has 0 radical (unpaired) electrons. The fourth-order valence-corrected chi connectivity index (χ4v) is 2.05. The molecular weight excluding hydrogens is 249 g/mol. The summed E-state index contributed by atoms with van der Waals surface area (Å²) in [5.74, 6) is 0. The summed E-state index contributed by atoms with van der Waals surface area (Å²) in [5.41, 5.74) is 0. The smallest absolute Gasteiger partial charge is 0.0184 e. The Morgan fingerprint density at radius 2 is 1.33 bits per heavy atom. The molecule has 1 aromatic heterocycles. The van der Waals surface area contributed by atoms with Crippen LogP contribution >= 0.6 is 0 Å². The van der Waals surface area contributed by atoms with Gasteiger partial charge in [-0.1, -0.05) is 48.5 Å². The minimum absolute atomic E-state index is 0.597. The molecule has 0 saturated heterocycles. The third-order valence-electron chi connectivity index (χ3n) is 2.01. The van der Waals surface area contributed by atoms with Crippen LogP contribution < -0.4 is 0 Å². The molecule has 1 nitrogen and oxygen atoms in total. The molecule has 0 aliphatic heterocycles. The van der Waals surface area contributed by atoms with Crippen LogP contribution in [0.1, 0.15) is 0 Å². The molecular formula is C13H11NSe. The predicted octanol–water partition coefficient (Wildman–Crippen LogP) is 2.98. The molecule has 0 aliphatic carbocycles. The molecule has 0 aliphatic rings. The zero-order valence-electron chi connectivity index (χ0n) is 8.21. The number of hydrogen-bond donors (Lipinski definition) is 0. The van der Waals surface area contributed by atoms with E-state index < -0.39 is 0 Å². The van der Waals surface area contributed by atoms with Gasteiger partial charge in [0.25, 0.3) is 0 Å². The molecule has 0 bridgehead atoms. The van der Waals surface area contributed by atoms with Gasteiger partial charge in [-0.15, -0.1) is 0 Å². The van der Waals surface area contributed by atoms with Gasteiger partial charge in [0.15, 0.2) is 0 Å². The van der Waals surface area contributed by atoms with Crippen molar-refractivity contribution in [1.82, 2.24) is 4.98 Å². The van der Waals surface area contributed by atoms with Crippen LogP contribution in [0.5, 0.6) is 0 Å². The van der Waals surface area contributed by atoms with Crippen molar-refractivity contribution in [3.05, 3.63) is 64.7 Å². The average molecular weight is 260 g/mol. The van der Waals surface area contributed by atoms with Crippen LogP contribution in [0.2, 0.25) is 0 Å². The largest absolute Gasteiger partial charge is 0.0616 e. The molecule has 0 atom stereocenters. The van der Waals surface area contributed by atoms with E-state index in [1.54, 1.807) is 0 Å². The molecule has 0 amide bonds. The average Bonchev–Trinajstić information content (AvgIpc) is 2.88. The maximum Gasteiger partial charge on any atom is -0.0184 e. The maximum absolute atomic E-state index is 3.81. The van der Waals surface area contributed by atoms with E-state index in [4.69, 9.17) is 0 Å². The van der Waals surface area contributed by atoms with Gasteiger partial charge in [0, 0.05) is 0 Å². The van der Waals surface area contributed by atoms with Crippen molar-refractivity contribution in [2.24, 2.45) is 0 Å². The van der Waals surface area contributed by atoms with Gasteiger partial charge in [-0.2, -0.15) is 0 Å². The maximum atomic E-state index is 3.81. The minimum Gasteiger partial charge on any atom is -0.0616 e. The van der Waals surface area contributed by atoms with E-state index in [-0.39, 0.29) is 0 Å². The van der Waals surface area contributed by atoms with Gasteiger partial charge >= 0.3 is 35.7 Å². The fraction of sp³-hybridized carbons (Fsp3) is 0. The van der Waals surface area contributed by atoms with Gasteiger partial charge in [-0.25, -0.2) is 0 Å². The van der Waals surface area contributed by atoms with Crippen molar-refractivity contribution in [3.63, 3.8) is 0 Å². The van der Waals surface area contributed by atoms with E-state index in [1.807, 2.05) is 11.3 Å². The first-order chi connectivity index (χ1) is 7.47. The van der Waals surface area contributed by atoms with Crippen LogP contribution in [-0.2, 0) is 0 Å². The van der Waals surface area contributed by atoms with E-state index in [1.165, 1.54) is 10.8 Å². The number of hydrogen-bond acceptors (Lipinski definition) is 1. The summed E-state index contributed by atoms with van der Waals surface area (Å²) in [6, 6.07) is 16.7. The molecule has 15 heavy (non-hydrogen) atoms. The van der Waals surface area contributed by atoms with Crippen LogP contribution in [-0.4, -0.2) is 19.5 Å². The van der Waals surface area contributed by atoms with Gasteiger partial charge in [0.2, 0.25) is 0 Å². The van der Waals surface area contributed by atoms with Crippen LogP contribution in [0, 0.1) is 0 Å². The monoisotopic (exact) mass is 261 g/mol. The first-order valence-corrected chi connectivity index (χ1v) is 6.70. The third-order valence-corrected chi connectivity index (χ3v) is 3.10. The molecule has 0 unspecified atom stereocenters. The van der Waals surface area contributed by atoms with E-state index in [0.29, 0.717) is 14.5 Å². The fourth-order valence-electron chi connectivity index (χ4n) is 1.31. The Bertz CT molecular complexity index is 420. The molecule has 2 aromatic carbocycles. The Morgan fingerprint density at radius 1 is 0.800 bits per heavy atom. The minimum atomic E-state index is 0.597. The first-order valence-electron chi connectivity index (χ1n) is 4.73. The summed E-state index contributed by atoms with van der Waals surface area (Å²) in [7, 11) is 0. The van der Waals surface area contributed by atoms with E-state index >= 15 is 0 Å². The third kappa shape index (κ3) is 3.05. The van der Waals surface area contributed by atoms with Gasteiger partial charge in [-0.3, -0.25) is 0 Å². The molecule has 1 heterocycles. The van der Waals surface area contributed by atoms with Crippen molar-refractivity contribution >= 4 is 25.3 Å². The quantitative estimate of drug-likeness (QED) is 0.566. The van der Waals surface area contributed by atoms with Gasteiger partial charge in [0.1, 0.15) is 0 Å². The second kappa shape index (κ2) is 5.50. The summed E-state index contributed by atoms with van der Waals surface area (Å²) < 4.78 is 0. The van der Waals surface area contributed by atoms with E-state index in [0.717, 1.165) is 0 Å². The molecule has 0 saturated carbocycles. The molecule has 0 fully saturated rings. The first kappa shape index (κ1) is 10.2. The zero-order chi connectivity index (χ0) is 10.3. The number of nitrogens with zero attached hydrogens (tertiary/aromatic N) is 1. The summed E-state index contributed by atoms with van der Waals surface area (Å²) in [6.45, 7) is 0. The number of benzene rings is 2. The second-order valence-electron chi connectivity index (χ2n) is 3.02. The molecule has 0 spiro atoms.